The molecule has 2 atom stereocenters. The molecule has 0 saturated carbocycles. The summed E-state index contributed by atoms with van der Waals surface area (Å²) in [6, 6.07) is 9.87. The second-order valence-corrected chi connectivity index (χ2v) is 6.37. The van der Waals surface area contributed by atoms with Crippen LogP contribution in [0.3, 0.4) is 0 Å². The molecule has 128 valence electrons. The monoisotopic (exact) mass is 328 g/mol. The third-order valence-corrected chi connectivity index (χ3v) is 4.39. The summed E-state index contributed by atoms with van der Waals surface area (Å²) in [5.74, 6) is 0. The largest absolute Gasteiger partial charge is 0.375 e. The number of aromatic nitrogens is 2. The van der Waals surface area contributed by atoms with Crippen molar-refractivity contribution in [2.24, 2.45) is 0 Å². The van der Waals surface area contributed by atoms with E-state index in [0.29, 0.717) is 13.2 Å². The first-order valence-corrected chi connectivity index (χ1v) is 8.28. The first-order valence-electron chi connectivity index (χ1n) is 8.28. The first-order chi connectivity index (χ1) is 11.5. The second kappa shape index (κ2) is 6.65. The predicted molar refractivity (Wildman–Crippen MR) is 93.6 cm³/mol. The van der Waals surface area contributed by atoms with Crippen molar-refractivity contribution >= 4 is 11.7 Å². The van der Waals surface area contributed by atoms with Gasteiger partial charge in [0.1, 0.15) is 0 Å². The smallest absolute Gasteiger partial charge is 0.322 e. The lowest BCUT2D eigenvalue weighted by atomic mass is 10.2. The number of ether oxygens (including phenoxy) is 1. The number of hydrogen-bond acceptors (Lipinski definition) is 3. The highest BCUT2D eigenvalue weighted by atomic mass is 16.5. The van der Waals surface area contributed by atoms with Crippen molar-refractivity contribution in [1.29, 1.82) is 0 Å². The lowest BCUT2D eigenvalue weighted by Crippen LogP contribution is -2.51. The van der Waals surface area contributed by atoms with E-state index >= 15 is 0 Å². The van der Waals surface area contributed by atoms with Crippen LogP contribution in [0.25, 0.3) is 5.69 Å². The number of carbonyl (C=O) groups is 1. The minimum absolute atomic E-state index is 0.0567. The molecule has 1 fully saturated rings. The molecule has 2 heterocycles. The van der Waals surface area contributed by atoms with E-state index in [0.717, 1.165) is 22.8 Å². The van der Waals surface area contributed by atoms with Gasteiger partial charge in [0.15, 0.2) is 0 Å². The summed E-state index contributed by atoms with van der Waals surface area (Å²) in [5, 5.41) is 7.61. The Bertz CT molecular complexity index is 726. The van der Waals surface area contributed by atoms with Crippen molar-refractivity contribution in [3.05, 3.63) is 41.7 Å². The van der Waals surface area contributed by atoms with Gasteiger partial charge in [-0.15, -0.1) is 0 Å². The molecular formula is C18H24N4O2. The zero-order chi connectivity index (χ0) is 17.3. The number of hydrogen-bond donors (Lipinski definition) is 1. The number of aryl methyl sites for hydroxylation is 1. The average Bonchev–Trinajstić information content (AvgIpc) is 2.86. The molecule has 1 saturated heterocycles. The molecule has 6 heteroatoms. The molecule has 0 spiro atoms. The van der Waals surface area contributed by atoms with E-state index < -0.39 is 0 Å². The van der Waals surface area contributed by atoms with Crippen molar-refractivity contribution in [3.63, 3.8) is 0 Å². The van der Waals surface area contributed by atoms with Gasteiger partial charge in [0.05, 0.1) is 41.5 Å². The highest BCUT2D eigenvalue weighted by molar-refractivity contribution is 5.91. The Hall–Kier alpha value is -2.34. The number of morpholine rings is 1. The highest BCUT2D eigenvalue weighted by Crippen LogP contribution is 2.24. The Labute approximate surface area is 142 Å². The summed E-state index contributed by atoms with van der Waals surface area (Å²) >= 11 is 0. The van der Waals surface area contributed by atoms with Crippen molar-refractivity contribution in [2.45, 2.75) is 39.8 Å². The SMILES string of the molecule is Cc1nn(-c2ccccc2)c(C)c1NC(=O)N1C[C@H](C)OC[C@@H]1C. The van der Waals surface area contributed by atoms with Crippen LogP contribution in [0.1, 0.15) is 25.2 Å². The molecule has 0 aliphatic carbocycles. The van der Waals surface area contributed by atoms with Crippen LogP contribution in [0, 0.1) is 13.8 Å². The van der Waals surface area contributed by atoms with Crippen LogP contribution in [0.15, 0.2) is 30.3 Å². The first kappa shape index (κ1) is 16.5. The Balaban J connectivity index is 1.83. The Morgan fingerprint density at radius 2 is 1.96 bits per heavy atom. The van der Waals surface area contributed by atoms with E-state index in [1.807, 2.05) is 67.6 Å². The van der Waals surface area contributed by atoms with Crippen LogP contribution in [0.2, 0.25) is 0 Å². The molecule has 2 amide bonds. The third-order valence-electron chi connectivity index (χ3n) is 4.39. The highest BCUT2D eigenvalue weighted by Gasteiger charge is 2.28. The lowest BCUT2D eigenvalue weighted by Gasteiger charge is -2.36. The molecule has 0 bridgehead atoms. The molecule has 3 rings (SSSR count). The fourth-order valence-electron chi connectivity index (χ4n) is 3.01. The average molecular weight is 328 g/mol. The quantitative estimate of drug-likeness (QED) is 0.921. The number of rotatable bonds is 2. The fraction of sp³-hybridized carbons (Fsp3) is 0.444. The molecule has 24 heavy (non-hydrogen) atoms. The van der Waals surface area contributed by atoms with E-state index in [-0.39, 0.29) is 18.2 Å². The van der Waals surface area contributed by atoms with Crippen LogP contribution in [-0.4, -0.2) is 46.0 Å². The predicted octanol–water partition coefficient (Wildman–Crippen LogP) is 3.13. The van der Waals surface area contributed by atoms with Crippen molar-refractivity contribution in [3.8, 4) is 5.69 Å². The zero-order valence-corrected chi connectivity index (χ0v) is 14.6. The van der Waals surface area contributed by atoms with Gasteiger partial charge in [0.2, 0.25) is 0 Å². The number of nitrogens with zero attached hydrogens (tertiary/aromatic N) is 3. The molecule has 1 aromatic carbocycles. The standard InChI is InChI=1S/C18H24N4O2/c1-12-11-24-13(2)10-21(12)18(23)19-17-14(3)20-22(15(17)4)16-8-6-5-7-9-16/h5-9,12-13H,10-11H2,1-4H3,(H,19,23)/t12-,13-/m0/s1. The molecular weight excluding hydrogens is 304 g/mol. The van der Waals surface area contributed by atoms with Gasteiger partial charge >= 0.3 is 6.03 Å². The molecule has 1 N–H and O–H groups in total. The number of benzene rings is 1. The Morgan fingerprint density at radius 3 is 2.67 bits per heavy atom. The topological polar surface area (TPSA) is 59.4 Å². The van der Waals surface area contributed by atoms with Crippen LogP contribution in [-0.2, 0) is 4.74 Å². The maximum atomic E-state index is 12.7. The minimum atomic E-state index is -0.100. The minimum Gasteiger partial charge on any atom is -0.375 e. The van der Waals surface area contributed by atoms with Gasteiger partial charge in [0, 0.05) is 6.54 Å². The number of carbonyl (C=O) groups excluding carboxylic acids is 1. The zero-order valence-electron chi connectivity index (χ0n) is 14.6. The second-order valence-electron chi connectivity index (χ2n) is 6.37. The van der Waals surface area contributed by atoms with Gasteiger partial charge in [0.25, 0.3) is 0 Å². The number of amides is 2. The normalized spacial score (nSPS) is 20.9. The van der Waals surface area contributed by atoms with Crippen LogP contribution in [0.4, 0.5) is 10.5 Å². The summed E-state index contributed by atoms with van der Waals surface area (Å²) < 4.78 is 7.45. The van der Waals surface area contributed by atoms with Gasteiger partial charge in [-0.25, -0.2) is 9.48 Å². The fourth-order valence-corrected chi connectivity index (χ4v) is 3.01. The van der Waals surface area contributed by atoms with E-state index in [4.69, 9.17) is 4.74 Å². The number of urea groups is 1. The Kier molecular flexibility index (Phi) is 4.57. The number of para-hydroxylation sites is 1. The Morgan fingerprint density at radius 1 is 1.25 bits per heavy atom. The molecule has 1 aliphatic heterocycles. The lowest BCUT2D eigenvalue weighted by molar-refractivity contribution is -0.0296. The van der Waals surface area contributed by atoms with Crippen LogP contribution < -0.4 is 5.32 Å². The number of anilines is 1. The molecule has 2 aromatic rings. The summed E-state index contributed by atoms with van der Waals surface area (Å²) in [6.45, 7) is 9.02. The third kappa shape index (κ3) is 3.14. The van der Waals surface area contributed by atoms with E-state index in [9.17, 15) is 4.79 Å². The van der Waals surface area contributed by atoms with Gasteiger partial charge in [-0.3, -0.25) is 0 Å². The maximum Gasteiger partial charge on any atom is 0.322 e. The van der Waals surface area contributed by atoms with Crippen LogP contribution in [0.5, 0.6) is 0 Å². The number of nitrogens with one attached hydrogen (secondary N) is 1. The van der Waals surface area contributed by atoms with Gasteiger partial charge in [-0.05, 0) is 39.8 Å². The summed E-state index contributed by atoms with van der Waals surface area (Å²) in [6.07, 6.45) is 0.0567. The molecule has 0 unspecified atom stereocenters. The maximum absolute atomic E-state index is 12.7. The molecule has 1 aliphatic rings. The van der Waals surface area contributed by atoms with E-state index in [1.54, 1.807) is 0 Å². The molecule has 1 aromatic heterocycles. The van der Waals surface area contributed by atoms with Crippen molar-refractivity contribution in [2.75, 3.05) is 18.5 Å². The van der Waals surface area contributed by atoms with Crippen molar-refractivity contribution in [1.82, 2.24) is 14.7 Å². The molecule has 6 nitrogen and oxygen atoms in total. The summed E-state index contributed by atoms with van der Waals surface area (Å²) in [4.78, 5) is 14.5. The molecule has 0 radical (unpaired) electrons. The summed E-state index contributed by atoms with van der Waals surface area (Å²) in [5.41, 5.74) is 3.47. The van der Waals surface area contributed by atoms with E-state index in [2.05, 4.69) is 10.4 Å². The van der Waals surface area contributed by atoms with Crippen molar-refractivity contribution < 1.29 is 9.53 Å². The van der Waals surface area contributed by atoms with Gasteiger partial charge < -0.3 is 15.0 Å². The van der Waals surface area contributed by atoms with Crippen LogP contribution >= 0.6 is 0 Å². The van der Waals surface area contributed by atoms with Gasteiger partial charge in [-0.1, -0.05) is 18.2 Å². The summed E-state index contributed by atoms with van der Waals surface area (Å²) in [7, 11) is 0. The van der Waals surface area contributed by atoms with E-state index in [1.165, 1.54) is 0 Å². The van der Waals surface area contributed by atoms with Gasteiger partial charge in [-0.2, -0.15) is 5.10 Å².